The lowest BCUT2D eigenvalue weighted by Gasteiger charge is -2.16. The zero-order valence-electron chi connectivity index (χ0n) is 10.3. The number of aliphatic carboxylic acids is 1. The van der Waals surface area contributed by atoms with E-state index in [2.05, 4.69) is 12.2 Å². The molecule has 0 radical (unpaired) electrons. The molecule has 96 valence electrons. The van der Waals surface area contributed by atoms with Gasteiger partial charge in [0, 0.05) is 19.1 Å². The molecular formula is C12H20N2O3. The van der Waals surface area contributed by atoms with Crippen LogP contribution in [-0.4, -0.2) is 41.1 Å². The second-order valence-corrected chi connectivity index (χ2v) is 5.29. The van der Waals surface area contributed by atoms with E-state index in [-0.39, 0.29) is 11.9 Å². The minimum atomic E-state index is -0.800. The van der Waals surface area contributed by atoms with Crippen LogP contribution < -0.4 is 5.32 Å². The van der Waals surface area contributed by atoms with Crippen molar-refractivity contribution < 1.29 is 14.7 Å². The lowest BCUT2D eigenvalue weighted by atomic mass is 9.99. The Hall–Kier alpha value is -1.26. The van der Waals surface area contributed by atoms with Gasteiger partial charge in [-0.1, -0.05) is 20.3 Å². The Morgan fingerprint density at radius 3 is 2.59 bits per heavy atom. The number of likely N-dealkylation sites (tertiary alicyclic amines) is 1. The van der Waals surface area contributed by atoms with Crippen molar-refractivity contribution in [3.63, 3.8) is 0 Å². The minimum absolute atomic E-state index is 0.0411. The number of amides is 2. The molecule has 4 atom stereocenters. The summed E-state index contributed by atoms with van der Waals surface area (Å²) in [4.78, 5) is 24.5. The number of carboxylic acids is 1. The molecular weight excluding hydrogens is 220 g/mol. The predicted molar refractivity (Wildman–Crippen MR) is 62.6 cm³/mol. The van der Waals surface area contributed by atoms with Gasteiger partial charge < -0.3 is 15.3 Å². The van der Waals surface area contributed by atoms with Crippen molar-refractivity contribution in [3.05, 3.63) is 0 Å². The molecule has 5 heteroatoms. The normalized spacial score (nSPS) is 35.8. The maximum atomic E-state index is 11.9. The molecule has 1 saturated carbocycles. The van der Waals surface area contributed by atoms with E-state index in [1.165, 1.54) is 0 Å². The summed E-state index contributed by atoms with van der Waals surface area (Å²) in [5, 5.41) is 12.0. The highest BCUT2D eigenvalue weighted by atomic mass is 16.4. The number of hydrogen-bond acceptors (Lipinski definition) is 2. The summed E-state index contributed by atoms with van der Waals surface area (Å²) < 4.78 is 0. The third-order valence-electron chi connectivity index (χ3n) is 3.97. The molecule has 1 heterocycles. The first-order chi connectivity index (χ1) is 8.02. The Bertz CT molecular complexity index is 332. The lowest BCUT2D eigenvalue weighted by molar-refractivity contribution is -0.142. The average molecular weight is 240 g/mol. The summed E-state index contributed by atoms with van der Waals surface area (Å²) in [7, 11) is 0. The fourth-order valence-corrected chi connectivity index (χ4v) is 2.58. The van der Waals surface area contributed by atoms with Gasteiger partial charge in [0.15, 0.2) is 0 Å². The molecule has 0 aromatic heterocycles. The Kier molecular flexibility index (Phi) is 3.26. The summed E-state index contributed by atoms with van der Waals surface area (Å²) in [6, 6.07) is 0.216. The van der Waals surface area contributed by atoms with Gasteiger partial charge in [-0.25, -0.2) is 4.79 Å². The lowest BCUT2D eigenvalue weighted by Crippen LogP contribution is -2.40. The number of rotatable bonds is 3. The summed E-state index contributed by atoms with van der Waals surface area (Å²) in [6.07, 6.45) is 2.16. The van der Waals surface area contributed by atoms with Gasteiger partial charge in [-0.3, -0.25) is 4.79 Å². The van der Waals surface area contributed by atoms with E-state index in [9.17, 15) is 9.59 Å². The van der Waals surface area contributed by atoms with E-state index < -0.39 is 11.9 Å². The van der Waals surface area contributed by atoms with Gasteiger partial charge in [0.2, 0.25) is 0 Å². The first-order valence-corrected chi connectivity index (χ1v) is 6.31. The van der Waals surface area contributed by atoms with Crippen LogP contribution in [0.5, 0.6) is 0 Å². The van der Waals surface area contributed by atoms with Crippen molar-refractivity contribution in [1.82, 2.24) is 10.2 Å². The van der Waals surface area contributed by atoms with Crippen LogP contribution in [-0.2, 0) is 4.79 Å². The fraction of sp³-hybridized carbons (Fsp3) is 0.833. The molecule has 0 aromatic carbocycles. The van der Waals surface area contributed by atoms with E-state index in [1.807, 2.05) is 6.92 Å². The molecule has 0 bridgehead atoms. The van der Waals surface area contributed by atoms with Gasteiger partial charge in [-0.15, -0.1) is 0 Å². The topological polar surface area (TPSA) is 69.6 Å². The van der Waals surface area contributed by atoms with Crippen LogP contribution in [0.2, 0.25) is 0 Å². The third kappa shape index (κ3) is 2.53. The van der Waals surface area contributed by atoms with Crippen LogP contribution >= 0.6 is 0 Å². The quantitative estimate of drug-likeness (QED) is 0.777. The van der Waals surface area contributed by atoms with E-state index in [1.54, 1.807) is 4.90 Å². The molecule has 1 aliphatic heterocycles. The van der Waals surface area contributed by atoms with Gasteiger partial charge in [-0.2, -0.15) is 0 Å². The number of carbonyl (C=O) groups excluding carboxylic acids is 1. The predicted octanol–water partition coefficient (Wildman–Crippen LogP) is 1.15. The summed E-state index contributed by atoms with van der Waals surface area (Å²) in [5.41, 5.74) is 0. The monoisotopic (exact) mass is 240 g/mol. The van der Waals surface area contributed by atoms with Crippen LogP contribution in [0, 0.1) is 17.8 Å². The van der Waals surface area contributed by atoms with E-state index in [4.69, 9.17) is 5.11 Å². The molecule has 17 heavy (non-hydrogen) atoms. The summed E-state index contributed by atoms with van der Waals surface area (Å²) in [5.74, 6) is -0.554. The molecule has 2 aliphatic rings. The summed E-state index contributed by atoms with van der Waals surface area (Å²) >= 11 is 0. The van der Waals surface area contributed by atoms with E-state index >= 15 is 0 Å². The van der Waals surface area contributed by atoms with Crippen molar-refractivity contribution >= 4 is 12.0 Å². The smallest absolute Gasteiger partial charge is 0.317 e. The van der Waals surface area contributed by atoms with Gasteiger partial charge >= 0.3 is 12.0 Å². The molecule has 0 aromatic rings. The van der Waals surface area contributed by atoms with Gasteiger partial charge in [-0.05, 0) is 18.3 Å². The molecule has 1 aliphatic carbocycles. The van der Waals surface area contributed by atoms with E-state index in [0.717, 1.165) is 12.8 Å². The largest absolute Gasteiger partial charge is 0.481 e. The Labute approximate surface area is 101 Å². The van der Waals surface area contributed by atoms with Gasteiger partial charge in [0.1, 0.15) is 0 Å². The van der Waals surface area contributed by atoms with Crippen LogP contribution in [0.1, 0.15) is 26.7 Å². The highest BCUT2D eigenvalue weighted by Crippen LogP contribution is 2.33. The molecule has 4 unspecified atom stereocenters. The maximum Gasteiger partial charge on any atom is 0.317 e. The van der Waals surface area contributed by atoms with Crippen molar-refractivity contribution in [2.75, 3.05) is 13.1 Å². The zero-order chi connectivity index (χ0) is 12.6. The van der Waals surface area contributed by atoms with Crippen LogP contribution in [0.15, 0.2) is 0 Å². The first kappa shape index (κ1) is 12.2. The number of hydrogen-bond donors (Lipinski definition) is 2. The van der Waals surface area contributed by atoms with Crippen molar-refractivity contribution in [2.24, 2.45) is 17.8 Å². The van der Waals surface area contributed by atoms with Crippen LogP contribution in [0.4, 0.5) is 4.79 Å². The van der Waals surface area contributed by atoms with Gasteiger partial charge in [0.25, 0.3) is 0 Å². The van der Waals surface area contributed by atoms with Crippen molar-refractivity contribution in [3.8, 4) is 0 Å². The van der Waals surface area contributed by atoms with Crippen molar-refractivity contribution in [1.29, 1.82) is 0 Å². The van der Waals surface area contributed by atoms with Gasteiger partial charge in [0.05, 0.1) is 5.92 Å². The maximum absolute atomic E-state index is 11.9. The standard InChI is InChI=1S/C12H20N2O3/c1-3-8-4-10(8)13-12(17)14-5-7(2)9(6-14)11(15)16/h7-10H,3-6H2,1-2H3,(H,13,17)(H,15,16). The highest BCUT2D eigenvalue weighted by molar-refractivity contribution is 5.78. The molecule has 2 N–H and O–H groups in total. The molecule has 5 nitrogen and oxygen atoms in total. The highest BCUT2D eigenvalue weighted by Gasteiger charge is 2.41. The second kappa shape index (κ2) is 4.55. The van der Waals surface area contributed by atoms with Crippen LogP contribution in [0.3, 0.4) is 0 Å². The number of carboxylic acid groups (broad SMARTS) is 1. The molecule has 0 spiro atoms. The summed E-state index contributed by atoms with van der Waals surface area (Å²) in [6.45, 7) is 4.89. The number of nitrogens with one attached hydrogen (secondary N) is 1. The van der Waals surface area contributed by atoms with E-state index in [0.29, 0.717) is 25.0 Å². The number of carbonyl (C=O) groups is 2. The van der Waals surface area contributed by atoms with Crippen molar-refractivity contribution in [2.45, 2.75) is 32.7 Å². The number of urea groups is 1. The Morgan fingerprint density at radius 2 is 2.12 bits per heavy atom. The molecule has 2 rings (SSSR count). The minimum Gasteiger partial charge on any atom is -0.481 e. The third-order valence-corrected chi connectivity index (χ3v) is 3.97. The first-order valence-electron chi connectivity index (χ1n) is 6.31. The zero-order valence-corrected chi connectivity index (χ0v) is 10.3. The van der Waals surface area contributed by atoms with Crippen LogP contribution in [0.25, 0.3) is 0 Å². The number of nitrogens with zero attached hydrogens (tertiary/aromatic N) is 1. The molecule has 2 fully saturated rings. The molecule has 1 saturated heterocycles. The molecule has 2 amide bonds. The Balaban J connectivity index is 1.83. The fourth-order valence-electron chi connectivity index (χ4n) is 2.58. The second-order valence-electron chi connectivity index (χ2n) is 5.29. The SMILES string of the molecule is CCC1CC1NC(=O)N1CC(C)C(C(=O)O)C1. The Morgan fingerprint density at radius 1 is 1.41 bits per heavy atom. The average Bonchev–Trinajstić information content (AvgIpc) is 2.89.